The van der Waals surface area contributed by atoms with Crippen molar-refractivity contribution >= 4 is 35.3 Å². The Kier molecular flexibility index (Phi) is 6.02. The monoisotopic (exact) mass is 407 g/mol. The Morgan fingerprint density at radius 2 is 2.03 bits per heavy atom. The average molecular weight is 408 g/mol. The number of amides is 2. The fourth-order valence-corrected chi connectivity index (χ4v) is 4.79. The number of anilines is 1. The molecule has 1 fully saturated rings. The van der Waals surface area contributed by atoms with Crippen molar-refractivity contribution in [2.24, 2.45) is 0 Å². The maximum atomic E-state index is 12.5. The maximum Gasteiger partial charge on any atom is 0.262 e. The molecule has 2 aliphatic heterocycles. The number of hydrogen-bond donors (Lipinski definition) is 2. The summed E-state index contributed by atoms with van der Waals surface area (Å²) >= 11 is 1.46. The van der Waals surface area contributed by atoms with Crippen LogP contribution in [0.1, 0.15) is 35.7 Å². The highest BCUT2D eigenvalue weighted by Gasteiger charge is 2.23. The van der Waals surface area contributed by atoms with Gasteiger partial charge in [0.15, 0.2) is 0 Å². The highest BCUT2D eigenvalue weighted by molar-refractivity contribution is 8.04. The quantitative estimate of drug-likeness (QED) is 0.736. The number of carbonyl (C=O) groups excluding carboxylic acids is 2. The summed E-state index contributed by atoms with van der Waals surface area (Å²) in [6.07, 6.45) is 4.20. The first-order chi connectivity index (χ1) is 14.1. The highest BCUT2D eigenvalue weighted by Crippen LogP contribution is 2.38. The number of nitrogens with zero attached hydrogens (tertiary/aromatic N) is 1. The Balaban J connectivity index is 1.39. The molecule has 2 amide bonds. The number of rotatable bonds is 5. The second kappa shape index (κ2) is 8.84. The first-order valence-corrected chi connectivity index (χ1v) is 10.9. The molecule has 6 heteroatoms. The van der Waals surface area contributed by atoms with E-state index in [0.717, 1.165) is 35.7 Å². The van der Waals surface area contributed by atoms with Gasteiger partial charge in [-0.05, 0) is 61.8 Å². The second-order valence-corrected chi connectivity index (χ2v) is 8.40. The van der Waals surface area contributed by atoms with E-state index in [9.17, 15) is 9.59 Å². The largest absolute Gasteiger partial charge is 0.350 e. The molecule has 5 nitrogen and oxygen atoms in total. The number of nitrogens with one attached hydrogen (secondary N) is 2. The average Bonchev–Trinajstić information content (AvgIpc) is 3.20. The molecule has 150 valence electrons. The zero-order valence-electron chi connectivity index (χ0n) is 16.5. The van der Waals surface area contributed by atoms with Crippen LogP contribution in [-0.2, 0) is 4.79 Å². The van der Waals surface area contributed by atoms with Gasteiger partial charge in [-0.25, -0.2) is 0 Å². The van der Waals surface area contributed by atoms with E-state index in [1.807, 2.05) is 54.6 Å². The highest BCUT2D eigenvalue weighted by atomic mass is 32.2. The van der Waals surface area contributed by atoms with E-state index in [2.05, 4.69) is 22.5 Å². The van der Waals surface area contributed by atoms with Crippen molar-refractivity contribution in [2.75, 3.05) is 25.0 Å². The molecule has 4 rings (SSSR count). The minimum absolute atomic E-state index is 0.0501. The van der Waals surface area contributed by atoms with Crippen LogP contribution in [-0.4, -0.2) is 42.4 Å². The molecule has 0 saturated carbocycles. The van der Waals surface area contributed by atoms with Crippen LogP contribution in [0.3, 0.4) is 0 Å². The van der Waals surface area contributed by atoms with Gasteiger partial charge >= 0.3 is 0 Å². The van der Waals surface area contributed by atoms with Crippen LogP contribution in [0.25, 0.3) is 6.08 Å². The lowest BCUT2D eigenvalue weighted by Gasteiger charge is -2.22. The van der Waals surface area contributed by atoms with Crippen molar-refractivity contribution < 1.29 is 9.59 Å². The van der Waals surface area contributed by atoms with E-state index in [-0.39, 0.29) is 11.8 Å². The van der Waals surface area contributed by atoms with Crippen molar-refractivity contribution in [1.82, 2.24) is 10.2 Å². The molecule has 0 spiro atoms. The Bertz CT molecular complexity index is 939. The van der Waals surface area contributed by atoms with E-state index in [4.69, 9.17) is 0 Å². The van der Waals surface area contributed by atoms with Crippen LogP contribution in [0.5, 0.6) is 0 Å². The van der Waals surface area contributed by atoms with Gasteiger partial charge in [-0.1, -0.05) is 43.0 Å². The summed E-state index contributed by atoms with van der Waals surface area (Å²) in [7, 11) is 0. The van der Waals surface area contributed by atoms with E-state index in [0.29, 0.717) is 23.1 Å². The molecular weight excluding hydrogens is 382 g/mol. The minimum Gasteiger partial charge on any atom is -0.350 e. The number of likely N-dealkylation sites (tertiary alicyclic amines) is 1. The zero-order chi connectivity index (χ0) is 20.2. The number of carbonyl (C=O) groups is 2. The number of fused-ring (bicyclic) bond motifs is 1. The van der Waals surface area contributed by atoms with Gasteiger partial charge in [-0.2, -0.15) is 0 Å². The predicted molar refractivity (Wildman–Crippen MR) is 118 cm³/mol. The van der Waals surface area contributed by atoms with Gasteiger partial charge in [0, 0.05) is 23.0 Å². The van der Waals surface area contributed by atoms with Gasteiger partial charge in [-0.3, -0.25) is 14.5 Å². The number of thioether (sulfide) groups is 1. The number of para-hydroxylation sites is 1. The zero-order valence-corrected chi connectivity index (χ0v) is 17.3. The molecule has 0 bridgehead atoms. The van der Waals surface area contributed by atoms with Gasteiger partial charge < -0.3 is 10.6 Å². The third kappa shape index (κ3) is 4.54. The predicted octanol–water partition coefficient (Wildman–Crippen LogP) is 3.99. The van der Waals surface area contributed by atoms with Gasteiger partial charge in [-0.15, -0.1) is 0 Å². The van der Waals surface area contributed by atoms with Crippen LogP contribution < -0.4 is 10.6 Å². The first kappa shape index (κ1) is 19.7. The van der Waals surface area contributed by atoms with Gasteiger partial charge in [0.1, 0.15) is 0 Å². The van der Waals surface area contributed by atoms with E-state index in [1.54, 1.807) is 0 Å². The standard InChI is InChI=1S/C23H25N3O2S/c1-2-26-13-5-6-18(26)15-24-22(27)17-11-9-16(10-12-17)14-21-23(28)25-19-7-3-4-8-20(19)29-21/h3-4,7-12,14,18H,2,5-6,13,15H2,1H3,(H,24,27)(H,25,28). The van der Waals surface area contributed by atoms with E-state index in [1.165, 1.54) is 18.2 Å². The molecule has 1 atom stereocenters. The third-order valence-corrected chi connectivity index (χ3v) is 6.55. The van der Waals surface area contributed by atoms with Crippen molar-refractivity contribution in [3.8, 4) is 0 Å². The molecule has 1 unspecified atom stereocenters. The summed E-state index contributed by atoms with van der Waals surface area (Å²) in [5.74, 6) is -0.154. The van der Waals surface area contributed by atoms with Crippen molar-refractivity contribution in [3.05, 3.63) is 64.6 Å². The fourth-order valence-electron chi connectivity index (χ4n) is 3.84. The lowest BCUT2D eigenvalue weighted by Crippen LogP contribution is -2.40. The van der Waals surface area contributed by atoms with Crippen LogP contribution in [0, 0.1) is 0 Å². The Labute approximate surface area is 175 Å². The lowest BCUT2D eigenvalue weighted by molar-refractivity contribution is -0.112. The Morgan fingerprint density at radius 3 is 2.83 bits per heavy atom. The molecule has 29 heavy (non-hydrogen) atoms. The molecule has 0 aliphatic carbocycles. The molecule has 2 heterocycles. The van der Waals surface area contributed by atoms with Crippen LogP contribution >= 0.6 is 11.8 Å². The molecule has 2 aromatic rings. The third-order valence-electron chi connectivity index (χ3n) is 5.45. The van der Waals surface area contributed by atoms with Crippen LogP contribution in [0.2, 0.25) is 0 Å². The lowest BCUT2D eigenvalue weighted by atomic mass is 10.1. The molecule has 2 aromatic carbocycles. The normalized spacial score (nSPS) is 20.4. The van der Waals surface area contributed by atoms with Crippen LogP contribution in [0.4, 0.5) is 5.69 Å². The van der Waals surface area contributed by atoms with Crippen molar-refractivity contribution in [3.63, 3.8) is 0 Å². The topological polar surface area (TPSA) is 61.4 Å². The smallest absolute Gasteiger partial charge is 0.262 e. The second-order valence-electron chi connectivity index (χ2n) is 7.32. The molecular formula is C23H25N3O2S. The summed E-state index contributed by atoms with van der Waals surface area (Å²) in [5.41, 5.74) is 2.38. The number of likely N-dealkylation sites (N-methyl/N-ethyl adjacent to an activating group) is 1. The summed E-state index contributed by atoms with van der Waals surface area (Å²) in [6, 6.07) is 15.6. The summed E-state index contributed by atoms with van der Waals surface area (Å²) < 4.78 is 0. The number of hydrogen-bond acceptors (Lipinski definition) is 4. The summed E-state index contributed by atoms with van der Waals surface area (Å²) in [6.45, 7) is 5.00. The molecule has 0 radical (unpaired) electrons. The summed E-state index contributed by atoms with van der Waals surface area (Å²) in [5, 5.41) is 5.98. The fraction of sp³-hybridized carbons (Fsp3) is 0.304. The summed E-state index contributed by atoms with van der Waals surface area (Å²) in [4.78, 5) is 28.9. The molecule has 0 aromatic heterocycles. The number of benzene rings is 2. The minimum atomic E-state index is -0.104. The van der Waals surface area contributed by atoms with Gasteiger partial charge in [0.2, 0.25) is 0 Å². The van der Waals surface area contributed by atoms with Gasteiger partial charge in [0.25, 0.3) is 11.8 Å². The van der Waals surface area contributed by atoms with E-state index >= 15 is 0 Å². The van der Waals surface area contributed by atoms with E-state index < -0.39 is 0 Å². The molecule has 2 N–H and O–H groups in total. The molecule has 1 saturated heterocycles. The Morgan fingerprint density at radius 1 is 1.24 bits per heavy atom. The van der Waals surface area contributed by atoms with Crippen molar-refractivity contribution in [1.29, 1.82) is 0 Å². The SMILES string of the molecule is CCN1CCCC1CNC(=O)c1ccc(C=C2Sc3ccccc3NC2=O)cc1. The van der Waals surface area contributed by atoms with Crippen molar-refractivity contribution in [2.45, 2.75) is 30.7 Å². The Hall–Kier alpha value is -2.57. The van der Waals surface area contributed by atoms with Crippen LogP contribution in [0.15, 0.2) is 58.3 Å². The van der Waals surface area contributed by atoms with Gasteiger partial charge in [0.05, 0.1) is 10.6 Å². The first-order valence-electron chi connectivity index (χ1n) is 10.1. The molecule has 2 aliphatic rings. The maximum absolute atomic E-state index is 12.5.